The van der Waals surface area contributed by atoms with Crippen LogP contribution in [0.15, 0.2) is 16.5 Å². The molecule has 0 amide bonds. The van der Waals surface area contributed by atoms with Crippen molar-refractivity contribution in [3.8, 4) is 0 Å². The van der Waals surface area contributed by atoms with Gasteiger partial charge in [-0.15, -0.1) is 0 Å². The number of rotatable bonds is 9. The molecule has 1 heterocycles. The molecule has 1 N–H and O–H groups in total. The van der Waals surface area contributed by atoms with Gasteiger partial charge in [-0.25, -0.2) is 0 Å². The van der Waals surface area contributed by atoms with Crippen LogP contribution < -0.4 is 5.32 Å². The van der Waals surface area contributed by atoms with Crippen LogP contribution in [-0.2, 0) is 11.3 Å². The Bertz CT molecular complexity index is 363. The zero-order chi connectivity index (χ0) is 13.4. The zero-order valence-corrected chi connectivity index (χ0v) is 10.8. The maximum Gasteiger partial charge on any atom is 0.433 e. The van der Waals surface area contributed by atoms with Gasteiger partial charge in [0.05, 0.1) is 12.6 Å². The topological polar surface area (TPSA) is 77.5 Å². The first kappa shape index (κ1) is 14.7. The van der Waals surface area contributed by atoms with Gasteiger partial charge in [-0.1, -0.05) is 13.8 Å². The molecule has 0 aliphatic carbocycles. The third kappa shape index (κ3) is 5.79. The van der Waals surface area contributed by atoms with E-state index >= 15 is 0 Å². The minimum Gasteiger partial charge on any atom is -0.404 e. The van der Waals surface area contributed by atoms with Gasteiger partial charge in [0.2, 0.25) is 0 Å². The van der Waals surface area contributed by atoms with Crippen molar-refractivity contribution in [2.24, 2.45) is 5.92 Å². The quantitative estimate of drug-likeness (QED) is 0.417. The number of hydrogen-bond acceptors (Lipinski definition) is 5. The Morgan fingerprint density at radius 2 is 2.28 bits per heavy atom. The molecule has 102 valence electrons. The van der Waals surface area contributed by atoms with Gasteiger partial charge in [0.25, 0.3) is 0 Å². The van der Waals surface area contributed by atoms with Crippen molar-refractivity contribution >= 4 is 5.88 Å². The summed E-state index contributed by atoms with van der Waals surface area (Å²) in [5.41, 5.74) is 0. The first-order chi connectivity index (χ1) is 8.59. The fourth-order valence-corrected chi connectivity index (χ4v) is 1.39. The van der Waals surface area contributed by atoms with E-state index in [9.17, 15) is 10.1 Å². The second-order valence-corrected chi connectivity index (χ2v) is 4.50. The molecule has 1 aromatic rings. The Morgan fingerprint density at radius 3 is 2.89 bits per heavy atom. The number of ether oxygens (including phenoxy) is 1. The van der Waals surface area contributed by atoms with Crippen LogP contribution in [0.25, 0.3) is 0 Å². The molecule has 1 aromatic heterocycles. The van der Waals surface area contributed by atoms with E-state index < -0.39 is 4.92 Å². The van der Waals surface area contributed by atoms with Crippen molar-refractivity contribution < 1.29 is 14.1 Å². The van der Waals surface area contributed by atoms with Crippen LogP contribution in [0.3, 0.4) is 0 Å². The Kier molecular flexibility index (Phi) is 6.38. The second-order valence-electron chi connectivity index (χ2n) is 4.50. The van der Waals surface area contributed by atoms with Crippen LogP contribution in [0.5, 0.6) is 0 Å². The third-order valence-corrected chi connectivity index (χ3v) is 2.22. The summed E-state index contributed by atoms with van der Waals surface area (Å²) in [5.74, 6) is 0.915. The highest BCUT2D eigenvalue weighted by Crippen LogP contribution is 2.14. The second kappa shape index (κ2) is 7.84. The van der Waals surface area contributed by atoms with Crippen molar-refractivity contribution in [2.45, 2.75) is 26.8 Å². The molecule has 6 heteroatoms. The Hall–Kier alpha value is -1.40. The molecule has 0 spiro atoms. The number of furan rings is 1. The average Bonchev–Trinajstić information content (AvgIpc) is 2.76. The lowest BCUT2D eigenvalue weighted by Gasteiger charge is -2.06. The first-order valence-corrected chi connectivity index (χ1v) is 6.11. The van der Waals surface area contributed by atoms with Gasteiger partial charge < -0.3 is 14.5 Å². The van der Waals surface area contributed by atoms with E-state index in [0.717, 1.165) is 26.2 Å². The molecule has 0 atom stereocenters. The van der Waals surface area contributed by atoms with Crippen molar-refractivity contribution in [1.82, 2.24) is 5.32 Å². The Balaban J connectivity index is 2.05. The molecule has 1 rings (SSSR count). The van der Waals surface area contributed by atoms with Gasteiger partial charge in [0, 0.05) is 13.2 Å². The number of nitro groups is 1. The van der Waals surface area contributed by atoms with Gasteiger partial charge >= 0.3 is 5.88 Å². The lowest BCUT2D eigenvalue weighted by Crippen LogP contribution is -2.16. The molecule has 0 aromatic carbocycles. The highest BCUT2D eigenvalue weighted by molar-refractivity contribution is 5.17. The van der Waals surface area contributed by atoms with E-state index in [-0.39, 0.29) is 5.88 Å². The van der Waals surface area contributed by atoms with Gasteiger partial charge in [0.15, 0.2) is 0 Å². The first-order valence-electron chi connectivity index (χ1n) is 6.11. The van der Waals surface area contributed by atoms with E-state index in [0.29, 0.717) is 18.2 Å². The van der Waals surface area contributed by atoms with Crippen LogP contribution in [0.4, 0.5) is 5.88 Å². The predicted molar refractivity (Wildman–Crippen MR) is 67.3 cm³/mol. The van der Waals surface area contributed by atoms with Gasteiger partial charge in [-0.3, -0.25) is 10.1 Å². The summed E-state index contributed by atoms with van der Waals surface area (Å²) >= 11 is 0. The van der Waals surface area contributed by atoms with Crippen molar-refractivity contribution in [3.05, 3.63) is 28.0 Å². The van der Waals surface area contributed by atoms with Crippen LogP contribution in [0.1, 0.15) is 26.0 Å². The van der Waals surface area contributed by atoms with E-state index in [1.54, 1.807) is 6.07 Å². The molecule has 18 heavy (non-hydrogen) atoms. The van der Waals surface area contributed by atoms with Crippen LogP contribution in [0, 0.1) is 16.0 Å². The summed E-state index contributed by atoms with van der Waals surface area (Å²) in [4.78, 5) is 9.85. The zero-order valence-electron chi connectivity index (χ0n) is 10.8. The molecule has 6 nitrogen and oxygen atoms in total. The number of nitrogens with one attached hydrogen (secondary N) is 1. The van der Waals surface area contributed by atoms with Crippen molar-refractivity contribution in [2.75, 3.05) is 19.8 Å². The molecule has 0 fully saturated rings. The molecule has 0 saturated heterocycles. The Morgan fingerprint density at radius 1 is 1.50 bits per heavy atom. The highest BCUT2D eigenvalue weighted by atomic mass is 16.6. The maximum absolute atomic E-state index is 10.4. The van der Waals surface area contributed by atoms with Crippen LogP contribution >= 0.6 is 0 Å². The van der Waals surface area contributed by atoms with Gasteiger partial charge in [0.1, 0.15) is 10.7 Å². The molecule has 0 saturated carbocycles. The molecule has 0 radical (unpaired) electrons. The summed E-state index contributed by atoms with van der Waals surface area (Å²) in [6.45, 7) is 7.03. The number of nitrogens with zero attached hydrogens (tertiary/aromatic N) is 1. The molecule has 0 aliphatic rings. The van der Waals surface area contributed by atoms with Crippen molar-refractivity contribution in [3.63, 3.8) is 0 Å². The predicted octanol–water partition coefficient (Wildman–Crippen LogP) is 2.34. The lowest BCUT2D eigenvalue weighted by atomic mass is 10.2. The molecular weight excluding hydrogens is 236 g/mol. The molecule has 0 unspecified atom stereocenters. The fourth-order valence-electron chi connectivity index (χ4n) is 1.39. The SMILES string of the molecule is CC(C)COCCCNCc1ccc([N+](=O)[O-])o1. The standard InChI is InChI=1S/C12H20N2O4/c1-10(2)9-17-7-3-6-13-8-11-4-5-12(18-11)14(15)16/h4-5,10,13H,3,6-9H2,1-2H3. The summed E-state index contributed by atoms with van der Waals surface area (Å²) in [7, 11) is 0. The van der Waals surface area contributed by atoms with Gasteiger partial charge in [-0.05, 0) is 24.9 Å². The Labute approximate surface area is 106 Å². The summed E-state index contributed by atoms with van der Waals surface area (Å²) in [6.07, 6.45) is 0.912. The van der Waals surface area contributed by atoms with Gasteiger partial charge in [-0.2, -0.15) is 0 Å². The minimum atomic E-state index is -0.538. The highest BCUT2D eigenvalue weighted by Gasteiger charge is 2.10. The third-order valence-electron chi connectivity index (χ3n) is 2.22. The van der Waals surface area contributed by atoms with E-state index in [1.165, 1.54) is 6.07 Å². The van der Waals surface area contributed by atoms with E-state index in [4.69, 9.17) is 9.15 Å². The van der Waals surface area contributed by atoms with E-state index in [1.807, 2.05) is 0 Å². The largest absolute Gasteiger partial charge is 0.433 e. The summed E-state index contributed by atoms with van der Waals surface area (Å²) in [5, 5.41) is 13.5. The van der Waals surface area contributed by atoms with Crippen LogP contribution in [0.2, 0.25) is 0 Å². The minimum absolute atomic E-state index is 0.216. The monoisotopic (exact) mass is 256 g/mol. The van der Waals surface area contributed by atoms with Crippen LogP contribution in [-0.4, -0.2) is 24.7 Å². The van der Waals surface area contributed by atoms with Crippen molar-refractivity contribution in [1.29, 1.82) is 0 Å². The average molecular weight is 256 g/mol. The molecule has 0 bridgehead atoms. The normalized spacial score (nSPS) is 11.1. The van der Waals surface area contributed by atoms with E-state index in [2.05, 4.69) is 19.2 Å². The smallest absolute Gasteiger partial charge is 0.404 e. The molecular formula is C12H20N2O4. The fraction of sp³-hybridized carbons (Fsp3) is 0.667. The summed E-state index contributed by atoms with van der Waals surface area (Å²) < 4.78 is 10.4. The molecule has 0 aliphatic heterocycles. The lowest BCUT2D eigenvalue weighted by molar-refractivity contribution is -0.402. The maximum atomic E-state index is 10.4. The summed E-state index contributed by atoms with van der Waals surface area (Å²) in [6, 6.07) is 2.98. The number of hydrogen-bond donors (Lipinski definition) is 1.